The fourth-order valence-electron chi connectivity index (χ4n) is 2.01. The van der Waals surface area contributed by atoms with Crippen LogP contribution in [0.4, 0.5) is 0 Å². The minimum atomic E-state index is -3.45. The lowest BCUT2D eigenvalue weighted by atomic mass is 9.83. The van der Waals surface area contributed by atoms with Crippen LogP contribution in [0, 0.1) is 5.41 Å². The first-order chi connectivity index (χ1) is 8.02. The first-order valence-corrected chi connectivity index (χ1v) is 7.19. The number of piperidine rings is 1. The summed E-state index contributed by atoms with van der Waals surface area (Å²) >= 11 is 0. The monoisotopic (exact) mass is 294 g/mol. The van der Waals surface area contributed by atoms with Crippen molar-refractivity contribution in [1.29, 1.82) is 0 Å². The Bertz CT molecular complexity index is 454. The van der Waals surface area contributed by atoms with Gasteiger partial charge in [0.25, 0.3) is 10.0 Å². The second-order valence-corrected chi connectivity index (χ2v) is 6.57. The van der Waals surface area contributed by atoms with Crippen LogP contribution < -0.4 is 10.0 Å². The summed E-state index contributed by atoms with van der Waals surface area (Å²) in [5.74, 6) is 0. The molecule has 0 aromatic carbocycles. The van der Waals surface area contributed by atoms with E-state index in [2.05, 4.69) is 26.9 Å². The van der Waals surface area contributed by atoms with Gasteiger partial charge >= 0.3 is 0 Å². The molecule has 0 aliphatic carbocycles. The van der Waals surface area contributed by atoms with Gasteiger partial charge in [0.15, 0.2) is 5.03 Å². The predicted octanol–water partition coefficient (Wildman–Crippen LogP) is 0.499. The number of H-pyrrole nitrogens is 1. The van der Waals surface area contributed by atoms with Gasteiger partial charge in [0.2, 0.25) is 0 Å². The third-order valence-corrected chi connectivity index (χ3v) is 4.46. The molecule has 8 heteroatoms. The van der Waals surface area contributed by atoms with E-state index in [-0.39, 0.29) is 22.8 Å². The molecule has 0 spiro atoms. The first kappa shape index (κ1) is 15.4. The zero-order valence-electron chi connectivity index (χ0n) is 10.3. The van der Waals surface area contributed by atoms with Crippen molar-refractivity contribution in [2.75, 3.05) is 19.6 Å². The quantitative estimate of drug-likeness (QED) is 0.755. The number of imidazole rings is 1. The van der Waals surface area contributed by atoms with E-state index < -0.39 is 10.0 Å². The highest BCUT2D eigenvalue weighted by Crippen LogP contribution is 2.24. The lowest BCUT2D eigenvalue weighted by Crippen LogP contribution is -2.45. The van der Waals surface area contributed by atoms with Crippen LogP contribution in [0.2, 0.25) is 0 Å². The highest BCUT2D eigenvalue weighted by atomic mass is 35.5. The molecule has 3 N–H and O–H groups in total. The van der Waals surface area contributed by atoms with E-state index in [1.165, 1.54) is 12.5 Å². The number of hydrogen-bond donors (Lipinski definition) is 3. The third kappa shape index (κ3) is 3.68. The van der Waals surface area contributed by atoms with Crippen LogP contribution in [-0.4, -0.2) is 38.0 Å². The Kier molecular flexibility index (Phi) is 5.15. The van der Waals surface area contributed by atoms with Crippen molar-refractivity contribution in [1.82, 2.24) is 20.0 Å². The number of aromatic amines is 1. The molecule has 1 aromatic heterocycles. The van der Waals surface area contributed by atoms with Crippen molar-refractivity contribution in [3.8, 4) is 0 Å². The molecule has 1 saturated heterocycles. The Hall–Kier alpha value is -0.630. The van der Waals surface area contributed by atoms with E-state index in [0.717, 1.165) is 25.9 Å². The van der Waals surface area contributed by atoms with Gasteiger partial charge in [0.1, 0.15) is 0 Å². The molecule has 1 fully saturated rings. The number of sulfonamides is 1. The lowest BCUT2D eigenvalue weighted by molar-refractivity contribution is 0.238. The summed E-state index contributed by atoms with van der Waals surface area (Å²) in [4.78, 5) is 6.31. The Balaban J connectivity index is 0.00000162. The molecular weight excluding hydrogens is 276 g/mol. The van der Waals surface area contributed by atoms with E-state index in [1.54, 1.807) is 0 Å². The van der Waals surface area contributed by atoms with Crippen LogP contribution in [-0.2, 0) is 10.0 Å². The number of aromatic nitrogens is 2. The van der Waals surface area contributed by atoms with Crippen LogP contribution in [0.25, 0.3) is 0 Å². The molecule has 0 saturated carbocycles. The summed E-state index contributed by atoms with van der Waals surface area (Å²) in [6, 6.07) is 0. The fourth-order valence-corrected chi connectivity index (χ4v) is 3.11. The van der Waals surface area contributed by atoms with E-state index in [1.807, 2.05) is 0 Å². The van der Waals surface area contributed by atoms with Crippen LogP contribution in [0.15, 0.2) is 17.6 Å². The molecule has 1 aliphatic heterocycles. The van der Waals surface area contributed by atoms with Crippen molar-refractivity contribution in [3.63, 3.8) is 0 Å². The van der Waals surface area contributed by atoms with Gasteiger partial charge < -0.3 is 10.3 Å². The molecule has 18 heavy (non-hydrogen) atoms. The van der Waals surface area contributed by atoms with Gasteiger partial charge in [-0.25, -0.2) is 18.1 Å². The van der Waals surface area contributed by atoms with Crippen LogP contribution in [0.3, 0.4) is 0 Å². The summed E-state index contributed by atoms with van der Waals surface area (Å²) < 4.78 is 26.4. The second-order valence-electron chi connectivity index (χ2n) is 4.83. The van der Waals surface area contributed by atoms with E-state index in [9.17, 15) is 8.42 Å². The van der Waals surface area contributed by atoms with Gasteiger partial charge in [0.05, 0.1) is 12.5 Å². The summed E-state index contributed by atoms with van der Waals surface area (Å²) in [5.41, 5.74) is -0.00859. The zero-order valence-corrected chi connectivity index (χ0v) is 11.9. The summed E-state index contributed by atoms with van der Waals surface area (Å²) in [6.45, 7) is 4.40. The molecular formula is C10H19ClN4O2S. The molecule has 1 aliphatic rings. The highest BCUT2D eigenvalue weighted by Gasteiger charge is 2.28. The summed E-state index contributed by atoms with van der Waals surface area (Å²) in [5, 5.41) is 3.41. The van der Waals surface area contributed by atoms with E-state index in [0.29, 0.717) is 6.54 Å². The van der Waals surface area contributed by atoms with E-state index >= 15 is 0 Å². The predicted molar refractivity (Wildman–Crippen MR) is 71.2 cm³/mol. The molecule has 0 amide bonds. The van der Waals surface area contributed by atoms with Crippen molar-refractivity contribution in [2.24, 2.45) is 5.41 Å². The average molecular weight is 295 g/mol. The van der Waals surface area contributed by atoms with Crippen molar-refractivity contribution >= 4 is 22.4 Å². The molecule has 6 nitrogen and oxygen atoms in total. The maximum Gasteiger partial charge on any atom is 0.257 e. The van der Waals surface area contributed by atoms with Gasteiger partial charge in [-0.2, -0.15) is 0 Å². The Morgan fingerprint density at radius 2 is 2.33 bits per heavy atom. The van der Waals surface area contributed by atoms with Crippen molar-refractivity contribution < 1.29 is 8.42 Å². The minimum absolute atomic E-state index is 0. The molecule has 0 bridgehead atoms. The topological polar surface area (TPSA) is 86.9 Å². The SMILES string of the molecule is CC1(CNS(=O)(=O)c2cnc[nH]2)CCCNC1.Cl. The largest absolute Gasteiger partial charge is 0.335 e. The molecule has 2 heterocycles. The molecule has 1 unspecified atom stereocenters. The van der Waals surface area contributed by atoms with Gasteiger partial charge in [-0.05, 0) is 24.8 Å². The highest BCUT2D eigenvalue weighted by molar-refractivity contribution is 7.89. The Labute approximate surface area is 113 Å². The number of nitrogens with one attached hydrogen (secondary N) is 3. The minimum Gasteiger partial charge on any atom is -0.335 e. The third-order valence-electron chi connectivity index (χ3n) is 3.14. The zero-order chi connectivity index (χ0) is 12.4. The maximum absolute atomic E-state index is 11.9. The number of hydrogen-bond acceptors (Lipinski definition) is 4. The number of halogens is 1. The average Bonchev–Trinajstić information content (AvgIpc) is 2.82. The molecule has 1 atom stereocenters. The lowest BCUT2D eigenvalue weighted by Gasteiger charge is -2.34. The fraction of sp³-hybridized carbons (Fsp3) is 0.700. The van der Waals surface area contributed by atoms with Gasteiger partial charge in [-0.1, -0.05) is 6.92 Å². The van der Waals surface area contributed by atoms with E-state index in [4.69, 9.17) is 0 Å². The standard InChI is InChI=1S/C10H18N4O2S.ClH/c1-10(3-2-4-11-6-10)7-14-17(15,16)9-5-12-8-13-9;/h5,8,11,14H,2-4,6-7H2,1H3,(H,12,13);1H. The van der Waals surface area contributed by atoms with Crippen LogP contribution >= 0.6 is 12.4 Å². The van der Waals surface area contributed by atoms with Crippen LogP contribution in [0.1, 0.15) is 19.8 Å². The second kappa shape index (κ2) is 6.01. The van der Waals surface area contributed by atoms with Gasteiger partial charge in [-0.15, -0.1) is 12.4 Å². The molecule has 2 rings (SSSR count). The number of rotatable bonds is 4. The van der Waals surface area contributed by atoms with Crippen LogP contribution in [0.5, 0.6) is 0 Å². The first-order valence-electron chi connectivity index (χ1n) is 5.71. The molecule has 1 aromatic rings. The van der Waals surface area contributed by atoms with Gasteiger partial charge in [-0.3, -0.25) is 0 Å². The summed E-state index contributed by atoms with van der Waals surface area (Å²) in [7, 11) is -3.45. The summed E-state index contributed by atoms with van der Waals surface area (Å²) in [6.07, 6.45) is 4.79. The van der Waals surface area contributed by atoms with Crippen molar-refractivity contribution in [2.45, 2.75) is 24.8 Å². The van der Waals surface area contributed by atoms with Gasteiger partial charge in [0, 0.05) is 13.1 Å². The normalized spacial score (nSPS) is 24.5. The number of nitrogens with zero attached hydrogens (tertiary/aromatic N) is 1. The molecule has 0 radical (unpaired) electrons. The Morgan fingerprint density at radius 1 is 1.56 bits per heavy atom. The molecule has 104 valence electrons. The maximum atomic E-state index is 11.9. The smallest absolute Gasteiger partial charge is 0.257 e. The Morgan fingerprint density at radius 3 is 2.89 bits per heavy atom. The van der Waals surface area contributed by atoms with Crippen molar-refractivity contribution in [3.05, 3.63) is 12.5 Å².